The molecule has 0 radical (unpaired) electrons. The minimum absolute atomic E-state index is 0.119. The molecule has 1 atom stereocenters. The molecule has 0 saturated heterocycles. The van der Waals surface area contributed by atoms with Crippen LogP contribution in [0.15, 0.2) is 11.1 Å². The number of anilines is 1. The van der Waals surface area contributed by atoms with Crippen molar-refractivity contribution in [3.63, 3.8) is 0 Å². The molecule has 0 aliphatic rings. The Bertz CT molecular complexity index is 348. The Morgan fingerprint density at radius 3 is 3.07 bits per heavy atom. The Morgan fingerprint density at radius 2 is 2.50 bits per heavy atom. The summed E-state index contributed by atoms with van der Waals surface area (Å²) >= 11 is 0. The molecule has 0 saturated carbocycles. The van der Waals surface area contributed by atoms with Gasteiger partial charge >= 0.3 is 0 Å². The van der Waals surface area contributed by atoms with E-state index in [9.17, 15) is 4.79 Å². The number of hydrogen-bond donors (Lipinski definition) is 3. The number of aromatic amines is 1. The minimum atomic E-state index is -0.513. The van der Waals surface area contributed by atoms with Gasteiger partial charge in [-0.3, -0.25) is 4.79 Å². The summed E-state index contributed by atoms with van der Waals surface area (Å²) < 4.78 is 4.86. The van der Waals surface area contributed by atoms with Crippen molar-refractivity contribution in [2.45, 2.75) is 13.0 Å². The quantitative estimate of drug-likeness (QED) is 0.612. The van der Waals surface area contributed by atoms with Gasteiger partial charge in [0, 0.05) is 6.54 Å². The van der Waals surface area contributed by atoms with Gasteiger partial charge in [-0.1, -0.05) is 0 Å². The van der Waals surface area contributed by atoms with Crippen molar-refractivity contribution in [1.82, 2.24) is 9.97 Å². The van der Waals surface area contributed by atoms with Crippen LogP contribution in [0.3, 0.4) is 0 Å². The second-order valence-electron chi connectivity index (χ2n) is 2.84. The molecule has 0 spiro atoms. The van der Waals surface area contributed by atoms with Crippen molar-refractivity contribution in [1.29, 1.82) is 0 Å². The van der Waals surface area contributed by atoms with E-state index in [-0.39, 0.29) is 11.3 Å². The average molecular weight is 199 g/mol. The van der Waals surface area contributed by atoms with Gasteiger partial charge in [-0.15, -0.1) is 0 Å². The van der Waals surface area contributed by atoms with Crippen molar-refractivity contribution < 1.29 is 9.84 Å². The molecule has 0 bridgehead atoms. The normalized spacial score (nSPS) is 12.2. The summed E-state index contributed by atoms with van der Waals surface area (Å²) in [7, 11) is 1.39. The van der Waals surface area contributed by atoms with Crippen molar-refractivity contribution >= 4 is 5.82 Å². The lowest BCUT2D eigenvalue weighted by atomic mass is 10.4. The molecule has 0 fully saturated rings. The third kappa shape index (κ3) is 2.46. The standard InChI is InChI=1S/C8H13N3O3/c1-5(12)3-9-7-6(14-2)8(13)11-4-10-7/h4-5,12H,3H2,1-2H3,(H2,9,10,11,13). The first-order valence-corrected chi connectivity index (χ1v) is 4.18. The van der Waals surface area contributed by atoms with E-state index in [2.05, 4.69) is 15.3 Å². The van der Waals surface area contributed by atoms with Crippen molar-refractivity contribution in [3.8, 4) is 5.75 Å². The Kier molecular flexibility index (Phi) is 3.47. The van der Waals surface area contributed by atoms with Crippen LogP contribution in [0, 0.1) is 0 Å². The molecule has 1 aromatic rings. The molecule has 14 heavy (non-hydrogen) atoms. The molecule has 6 nitrogen and oxygen atoms in total. The highest BCUT2D eigenvalue weighted by atomic mass is 16.5. The summed E-state index contributed by atoms with van der Waals surface area (Å²) in [5.41, 5.74) is -0.351. The average Bonchev–Trinajstić information content (AvgIpc) is 2.14. The first-order chi connectivity index (χ1) is 6.65. The van der Waals surface area contributed by atoms with Gasteiger partial charge in [0.15, 0.2) is 5.82 Å². The largest absolute Gasteiger partial charge is 0.489 e. The van der Waals surface area contributed by atoms with Crippen molar-refractivity contribution in [3.05, 3.63) is 16.7 Å². The van der Waals surface area contributed by atoms with E-state index in [0.717, 1.165) is 0 Å². The number of nitrogens with zero attached hydrogens (tertiary/aromatic N) is 1. The topological polar surface area (TPSA) is 87.2 Å². The highest BCUT2D eigenvalue weighted by Crippen LogP contribution is 2.13. The maximum Gasteiger partial charge on any atom is 0.295 e. The fourth-order valence-electron chi connectivity index (χ4n) is 0.947. The number of H-pyrrole nitrogens is 1. The van der Waals surface area contributed by atoms with Crippen LogP contribution in [-0.2, 0) is 0 Å². The summed E-state index contributed by atoms with van der Waals surface area (Å²) in [5, 5.41) is 11.8. The summed E-state index contributed by atoms with van der Waals surface area (Å²) in [6.07, 6.45) is 0.760. The van der Waals surface area contributed by atoms with Crippen LogP contribution in [0.2, 0.25) is 0 Å². The number of aliphatic hydroxyl groups is 1. The number of aromatic nitrogens is 2. The third-order valence-electron chi connectivity index (χ3n) is 1.58. The van der Waals surface area contributed by atoms with Gasteiger partial charge in [0.05, 0.1) is 19.5 Å². The van der Waals surface area contributed by atoms with Crippen LogP contribution < -0.4 is 15.6 Å². The zero-order valence-electron chi connectivity index (χ0n) is 8.07. The van der Waals surface area contributed by atoms with E-state index in [1.54, 1.807) is 6.92 Å². The Labute approximate surface area is 80.9 Å². The summed E-state index contributed by atoms with van der Waals surface area (Å²) in [6, 6.07) is 0. The fourth-order valence-corrected chi connectivity index (χ4v) is 0.947. The van der Waals surface area contributed by atoms with E-state index in [4.69, 9.17) is 9.84 Å². The number of hydrogen-bond acceptors (Lipinski definition) is 5. The lowest BCUT2D eigenvalue weighted by Gasteiger charge is -2.09. The van der Waals surface area contributed by atoms with Crippen molar-refractivity contribution in [2.75, 3.05) is 19.0 Å². The molecular weight excluding hydrogens is 186 g/mol. The molecule has 0 aliphatic heterocycles. The van der Waals surface area contributed by atoms with Gasteiger partial charge in [-0.05, 0) is 6.92 Å². The van der Waals surface area contributed by atoms with Crippen molar-refractivity contribution in [2.24, 2.45) is 0 Å². The van der Waals surface area contributed by atoms with Crippen LogP contribution in [0.4, 0.5) is 5.82 Å². The Balaban J connectivity index is 2.85. The number of rotatable bonds is 4. The molecule has 0 aliphatic carbocycles. The predicted molar refractivity (Wildman–Crippen MR) is 51.6 cm³/mol. The van der Waals surface area contributed by atoms with Gasteiger partial charge in [0.2, 0.25) is 5.75 Å². The maximum absolute atomic E-state index is 11.2. The summed E-state index contributed by atoms with van der Waals surface area (Å²) in [6.45, 7) is 1.94. The van der Waals surface area contributed by atoms with Gasteiger partial charge in [0.1, 0.15) is 0 Å². The molecule has 6 heteroatoms. The Morgan fingerprint density at radius 1 is 1.79 bits per heavy atom. The lowest BCUT2D eigenvalue weighted by molar-refractivity contribution is 0.208. The van der Waals surface area contributed by atoms with E-state index < -0.39 is 6.10 Å². The first-order valence-electron chi connectivity index (χ1n) is 4.18. The van der Waals surface area contributed by atoms with Gasteiger partial charge in [-0.2, -0.15) is 0 Å². The number of ether oxygens (including phenoxy) is 1. The number of nitrogens with one attached hydrogen (secondary N) is 2. The second-order valence-corrected chi connectivity index (χ2v) is 2.84. The first kappa shape index (κ1) is 10.5. The van der Waals surface area contributed by atoms with Crippen LogP contribution in [0.5, 0.6) is 5.75 Å². The van der Waals surface area contributed by atoms with Gasteiger partial charge in [0.25, 0.3) is 5.56 Å². The SMILES string of the molecule is COc1c(NCC(C)O)nc[nH]c1=O. The number of methoxy groups -OCH3 is 1. The molecule has 0 amide bonds. The Hall–Kier alpha value is -1.56. The highest BCUT2D eigenvalue weighted by molar-refractivity contribution is 5.47. The second kappa shape index (κ2) is 4.61. The van der Waals surface area contributed by atoms with Crippen LogP contribution >= 0.6 is 0 Å². The molecule has 3 N–H and O–H groups in total. The molecule has 78 valence electrons. The van der Waals surface area contributed by atoms with Gasteiger partial charge in [-0.25, -0.2) is 4.98 Å². The lowest BCUT2D eigenvalue weighted by Crippen LogP contribution is -2.19. The third-order valence-corrected chi connectivity index (χ3v) is 1.58. The minimum Gasteiger partial charge on any atom is -0.489 e. The van der Waals surface area contributed by atoms with E-state index in [1.807, 2.05) is 0 Å². The van der Waals surface area contributed by atoms with E-state index in [1.165, 1.54) is 13.4 Å². The number of aliphatic hydroxyl groups excluding tert-OH is 1. The zero-order chi connectivity index (χ0) is 10.6. The zero-order valence-corrected chi connectivity index (χ0v) is 8.07. The summed E-state index contributed by atoms with van der Waals surface area (Å²) in [4.78, 5) is 17.5. The molecule has 1 heterocycles. The molecule has 1 aromatic heterocycles. The van der Waals surface area contributed by atoms with Crippen LogP contribution in [0.25, 0.3) is 0 Å². The molecule has 0 aromatic carbocycles. The molecule has 1 unspecified atom stereocenters. The molecule has 1 rings (SSSR count). The van der Waals surface area contributed by atoms with E-state index >= 15 is 0 Å². The monoisotopic (exact) mass is 199 g/mol. The molecular formula is C8H13N3O3. The van der Waals surface area contributed by atoms with Gasteiger partial charge < -0.3 is 20.1 Å². The van der Waals surface area contributed by atoms with E-state index in [0.29, 0.717) is 12.4 Å². The highest BCUT2D eigenvalue weighted by Gasteiger charge is 2.08. The smallest absolute Gasteiger partial charge is 0.295 e. The maximum atomic E-state index is 11.2. The fraction of sp³-hybridized carbons (Fsp3) is 0.500. The van der Waals surface area contributed by atoms with Crippen LogP contribution in [-0.4, -0.2) is 34.8 Å². The predicted octanol–water partition coefficient (Wildman–Crippen LogP) is -0.429. The van der Waals surface area contributed by atoms with Crippen LogP contribution in [0.1, 0.15) is 6.92 Å². The summed E-state index contributed by atoms with van der Waals surface area (Å²) in [5.74, 6) is 0.449.